The van der Waals surface area contributed by atoms with Crippen molar-refractivity contribution >= 4 is 5.97 Å². The van der Waals surface area contributed by atoms with E-state index in [9.17, 15) is 9.70 Å². The molecule has 1 aliphatic rings. The van der Waals surface area contributed by atoms with Crippen molar-refractivity contribution in [3.8, 4) is 0 Å². The summed E-state index contributed by atoms with van der Waals surface area (Å²) in [4.78, 5) is 20.4. The van der Waals surface area contributed by atoms with Crippen molar-refractivity contribution in [3.63, 3.8) is 0 Å². The lowest BCUT2D eigenvalue weighted by molar-refractivity contribution is -0.132. The Labute approximate surface area is 63.9 Å². The summed E-state index contributed by atoms with van der Waals surface area (Å²) in [5.74, 6) is -0.880. The van der Waals surface area contributed by atoms with E-state index in [1.807, 2.05) is 0 Å². The third-order valence-electron chi connectivity index (χ3n) is 1.81. The van der Waals surface area contributed by atoms with Crippen LogP contribution in [-0.2, 0) is 4.79 Å². The van der Waals surface area contributed by atoms with Crippen LogP contribution in [0.1, 0.15) is 19.3 Å². The second-order valence-corrected chi connectivity index (χ2v) is 2.57. The number of rotatable bonds is 2. The fourth-order valence-corrected chi connectivity index (χ4v) is 1.11. The fourth-order valence-electron chi connectivity index (χ4n) is 1.11. The number of carboxylic acids is 1. The van der Waals surface area contributed by atoms with E-state index in [0.29, 0.717) is 24.8 Å². The Balaban J connectivity index is 2.57. The normalized spacial score (nSPS) is 24.0. The molecule has 0 bridgehead atoms. The fraction of sp³-hybridized carbons (Fsp3) is 0.571. The summed E-state index contributed by atoms with van der Waals surface area (Å²) in [6, 6.07) is -0.210. The van der Waals surface area contributed by atoms with Gasteiger partial charge in [-0.2, -0.15) is 4.91 Å². The van der Waals surface area contributed by atoms with Crippen LogP contribution in [0.15, 0.2) is 16.8 Å². The smallest absolute Gasteiger partial charge is 0.331 e. The molecule has 1 aliphatic carbocycles. The highest BCUT2D eigenvalue weighted by Crippen LogP contribution is 2.20. The Bertz CT molecular complexity index is 210. The molecule has 4 nitrogen and oxygen atoms in total. The molecule has 0 aromatic carbocycles. The van der Waals surface area contributed by atoms with Gasteiger partial charge >= 0.3 is 5.97 Å². The number of carbonyl (C=O) groups is 1. The van der Waals surface area contributed by atoms with Gasteiger partial charge in [0.25, 0.3) is 0 Å². The Hall–Kier alpha value is -1.19. The summed E-state index contributed by atoms with van der Waals surface area (Å²) in [7, 11) is 0. The third-order valence-corrected chi connectivity index (χ3v) is 1.81. The van der Waals surface area contributed by atoms with Crippen molar-refractivity contribution in [2.45, 2.75) is 25.3 Å². The summed E-state index contributed by atoms with van der Waals surface area (Å²) in [5, 5.41) is 11.4. The first-order valence-electron chi connectivity index (χ1n) is 3.49. The zero-order chi connectivity index (χ0) is 8.27. The first-order chi connectivity index (χ1) is 5.24. The van der Waals surface area contributed by atoms with Gasteiger partial charge in [-0.05, 0) is 19.3 Å². The lowest BCUT2D eigenvalue weighted by atomic mass is 9.96. The number of hydrogen-bond acceptors (Lipinski definition) is 3. The molecule has 1 rings (SSSR count). The van der Waals surface area contributed by atoms with Gasteiger partial charge in [-0.1, -0.05) is 11.3 Å². The standard InChI is InChI=1S/C7H9NO3/c9-7(10)5-1-3-6(8-11)4-2-5/h1,6H,2-4H2,(H,9,10). The molecule has 0 saturated heterocycles. The Morgan fingerprint density at radius 3 is 2.82 bits per heavy atom. The van der Waals surface area contributed by atoms with Gasteiger partial charge in [0, 0.05) is 5.57 Å². The Morgan fingerprint density at radius 1 is 1.73 bits per heavy atom. The Morgan fingerprint density at radius 2 is 2.45 bits per heavy atom. The van der Waals surface area contributed by atoms with Crippen molar-refractivity contribution in [1.29, 1.82) is 0 Å². The van der Waals surface area contributed by atoms with Crippen LogP contribution < -0.4 is 0 Å². The Kier molecular flexibility index (Phi) is 2.36. The lowest BCUT2D eigenvalue weighted by Gasteiger charge is -2.12. The summed E-state index contributed by atoms with van der Waals surface area (Å²) in [6.07, 6.45) is 3.09. The average Bonchev–Trinajstić information content (AvgIpc) is 2.05. The van der Waals surface area contributed by atoms with Crippen LogP contribution in [0, 0.1) is 4.91 Å². The maximum Gasteiger partial charge on any atom is 0.331 e. The van der Waals surface area contributed by atoms with Gasteiger partial charge in [-0.25, -0.2) is 4.79 Å². The van der Waals surface area contributed by atoms with Crippen LogP contribution in [0.2, 0.25) is 0 Å². The van der Waals surface area contributed by atoms with Gasteiger partial charge in [0.15, 0.2) is 0 Å². The van der Waals surface area contributed by atoms with Crippen molar-refractivity contribution in [3.05, 3.63) is 16.6 Å². The second kappa shape index (κ2) is 3.27. The van der Waals surface area contributed by atoms with E-state index in [1.165, 1.54) is 0 Å². The number of nitrogens with zero attached hydrogens (tertiary/aromatic N) is 1. The largest absolute Gasteiger partial charge is 0.478 e. The van der Waals surface area contributed by atoms with Gasteiger partial charge in [-0.15, -0.1) is 0 Å². The first-order valence-corrected chi connectivity index (χ1v) is 3.49. The molecule has 0 fully saturated rings. The van der Waals surface area contributed by atoms with E-state index in [4.69, 9.17) is 5.11 Å². The van der Waals surface area contributed by atoms with Crippen LogP contribution in [-0.4, -0.2) is 17.1 Å². The number of nitroso groups, excluding NO2 is 1. The minimum atomic E-state index is -0.880. The van der Waals surface area contributed by atoms with Crippen LogP contribution in [0.3, 0.4) is 0 Å². The monoisotopic (exact) mass is 155 g/mol. The topological polar surface area (TPSA) is 66.7 Å². The van der Waals surface area contributed by atoms with E-state index >= 15 is 0 Å². The van der Waals surface area contributed by atoms with Crippen LogP contribution in [0.5, 0.6) is 0 Å². The molecule has 1 unspecified atom stereocenters. The molecular formula is C7H9NO3. The molecule has 0 radical (unpaired) electrons. The molecule has 1 atom stereocenters. The van der Waals surface area contributed by atoms with E-state index in [-0.39, 0.29) is 6.04 Å². The number of aliphatic carboxylic acids is 1. The van der Waals surface area contributed by atoms with E-state index in [2.05, 4.69) is 5.18 Å². The maximum atomic E-state index is 10.4. The van der Waals surface area contributed by atoms with Crippen LogP contribution >= 0.6 is 0 Å². The average molecular weight is 155 g/mol. The summed E-state index contributed by atoms with van der Waals surface area (Å²) >= 11 is 0. The second-order valence-electron chi connectivity index (χ2n) is 2.57. The SMILES string of the molecule is O=NC1CC=C(C(=O)O)CC1. The van der Waals surface area contributed by atoms with Crippen molar-refractivity contribution in [2.24, 2.45) is 5.18 Å². The van der Waals surface area contributed by atoms with Gasteiger partial charge in [0.1, 0.15) is 0 Å². The zero-order valence-corrected chi connectivity index (χ0v) is 5.99. The van der Waals surface area contributed by atoms with E-state index < -0.39 is 5.97 Å². The summed E-state index contributed by atoms with van der Waals surface area (Å²) in [5.41, 5.74) is 0.407. The maximum absolute atomic E-state index is 10.4. The highest BCUT2D eigenvalue weighted by molar-refractivity contribution is 5.86. The molecule has 0 saturated carbocycles. The van der Waals surface area contributed by atoms with E-state index in [1.54, 1.807) is 6.08 Å². The van der Waals surface area contributed by atoms with Crippen LogP contribution in [0.25, 0.3) is 0 Å². The summed E-state index contributed by atoms with van der Waals surface area (Å²) < 4.78 is 0. The van der Waals surface area contributed by atoms with Gasteiger partial charge in [0.2, 0.25) is 0 Å². The molecule has 4 heteroatoms. The molecule has 11 heavy (non-hydrogen) atoms. The highest BCUT2D eigenvalue weighted by Gasteiger charge is 2.17. The quantitative estimate of drug-likeness (QED) is 0.611. The number of carboxylic acid groups (broad SMARTS) is 1. The molecule has 60 valence electrons. The van der Waals surface area contributed by atoms with E-state index in [0.717, 1.165) is 0 Å². The highest BCUT2D eigenvalue weighted by atomic mass is 16.4. The van der Waals surface area contributed by atoms with Crippen molar-refractivity contribution in [2.75, 3.05) is 0 Å². The van der Waals surface area contributed by atoms with Gasteiger partial charge < -0.3 is 5.11 Å². The molecule has 0 heterocycles. The van der Waals surface area contributed by atoms with Crippen molar-refractivity contribution in [1.82, 2.24) is 0 Å². The summed E-state index contributed by atoms with van der Waals surface area (Å²) in [6.45, 7) is 0. The molecule has 1 N–H and O–H groups in total. The zero-order valence-electron chi connectivity index (χ0n) is 5.99. The minimum Gasteiger partial charge on any atom is -0.478 e. The molecular weight excluding hydrogens is 146 g/mol. The predicted octanol–water partition coefficient (Wildman–Crippen LogP) is 1.32. The molecule has 0 spiro atoms. The van der Waals surface area contributed by atoms with Gasteiger partial charge in [0.05, 0.1) is 6.04 Å². The molecule has 0 amide bonds. The third kappa shape index (κ3) is 1.86. The predicted molar refractivity (Wildman–Crippen MR) is 39.2 cm³/mol. The first kappa shape index (κ1) is 7.91. The molecule has 0 aromatic heterocycles. The molecule has 0 aromatic rings. The minimum absolute atomic E-state index is 0.210. The van der Waals surface area contributed by atoms with Crippen molar-refractivity contribution < 1.29 is 9.90 Å². The number of hydrogen-bond donors (Lipinski definition) is 1. The van der Waals surface area contributed by atoms with Crippen LogP contribution in [0.4, 0.5) is 0 Å². The lowest BCUT2D eigenvalue weighted by Crippen LogP contribution is -2.12. The molecule has 0 aliphatic heterocycles. The van der Waals surface area contributed by atoms with Gasteiger partial charge in [-0.3, -0.25) is 0 Å².